The molecule has 0 aliphatic heterocycles. The van der Waals surface area contributed by atoms with Gasteiger partial charge >= 0.3 is 35.8 Å². The van der Waals surface area contributed by atoms with Crippen molar-refractivity contribution in [3.63, 3.8) is 0 Å². The first-order valence-electron chi connectivity index (χ1n) is 15.7. The number of carbonyl (C=O) groups excluding carboxylic acids is 6. The van der Waals surface area contributed by atoms with Crippen molar-refractivity contribution in [3.05, 3.63) is 89.5 Å². The lowest BCUT2D eigenvalue weighted by Crippen LogP contribution is -2.10. The lowest BCUT2D eigenvalue weighted by atomic mass is 9.85. The summed E-state index contributed by atoms with van der Waals surface area (Å²) in [4.78, 5) is 70.8. The molecule has 0 atom stereocenters. The van der Waals surface area contributed by atoms with E-state index in [1.165, 1.54) is 21.3 Å². The zero-order valence-electron chi connectivity index (χ0n) is 27.8. The van der Waals surface area contributed by atoms with Crippen molar-refractivity contribution in [2.24, 2.45) is 0 Å². The van der Waals surface area contributed by atoms with Crippen LogP contribution in [0, 0.1) is 0 Å². The Morgan fingerprint density at radius 1 is 0.388 bits per heavy atom. The van der Waals surface area contributed by atoms with Crippen molar-refractivity contribution in [3.8, 4) is 17.2 Å². The highest BCUT2D eigenvalue weighted by molar-refractivity contribution is 5.75. The minimum Gasteiger partial charge on any atom is -0.469 e. The van der Waals surface area contributed by atoms with Gasteiger partial charge < -0.3 is 28.4 Å². The van der Waals surface area contributed by atoms with Crippen LogP contribution in [0.5, 0.6) is 17.2 Å². The number of esters is 6. The van der Waals surface area contributed by atoms with Gasteiger partial charge in [-0.3, -0.25) is 28.8 Å². The van der Waals surface area contributed by atoms with E-state index in [4.69, 9.17) is 14.2 Å². The summed E-state index contributed by atoms with van der Waals surface area (Å²) < 4.78 is 30.1. The van der Waals surface area contributed by atoms with Gasteiger partial charge in [0.25, 0.3) is 0 Å². The maximum absolute atomic E-state index is 12.3. The molecule has 260 valence electrons. The van der Waals surface area contributed by atoms with Gasteiger partial charge in [0.05, 0.1) is 21.3 Å². The Morgan fingerprint density at radius 2 is 0.612 bits per heavy atom. The lowest BCUT2D eigenvalue weighted by molar-refractivity contribution is -0.142. The van der Waals surface area contributed by atoms with Crippen molar-refractivity contribution in [1.82, 2.24) is 0 Å². The molecule has 0 aliphatic carbocycles. The normalized spacial score (nSPS) is 10.5. The highest BCUT2D eigenvalue weighted by atomic mass is 16.5. The van der Waals surface area contributed by atoms with Crippen LogP contribution in [0.25, 0.3) is 0 Å². The van der Waals surface area contributed by atoms with Crippen molar-refractivity contribution in [2.75, 3.05) is 21.3 Å². The summed E-state index contributed by atoms with van der Waals surface area (Å²) >= 11 is 0. The van der Waals surface area contributed by atoms with Crippen molar-refractivity contribution in [2.45, 2.75) is 63.7 Å². The average molecular weight is 677 g/mol. The molecule has 0 N–H and O–H groups in total. The number of carbonyl (C=O) groups is 6. The molecule has 0 saturated carbocycles. The van der Waals surface area contributed by atoms with Crippen molar-refractivity contribution in [1.29, 1.82) is 0 Å². The minimum atomic E-state index is -0.473. The average Bonchev–Trinajstić information content (AvgIpc) is 3.10. The van der Waals surface area contributed by atoms with Crippen LogP contribution in [0.4, 0.5) is 0 Å². The fourth-order valence-electron chi connectivity index (χ4n) is 4.75. The number of hydrogen-bond donors (Lipinski definition) is 0. The zero-order valence-corrected chi connectivity index (χ0v) is 27.8. The van der Waals surface area contributed by atoms with E-state index in [-0.39, 0.29) is 44.4 Å². The molecule has 0 radical (unpaired) electrons. The fourth-order valence-corrected chi connectivity index (χ4v) is 4.75. The van der Waals surface area contributed by atoms with Gasteiger partial charge in [0.1, 0.15) is 17.2 Å². The van der Waals surface area contributed by atoms with Crippen LogP contribution in [-0.2, 0) is 43.0 Å². The maximum atomic E-state index is 12.3. The second-order valence-corrected chi connectivity index (χ2v) is 10.9. The van der Waals surface area contributed by atoms with E-state index >= 15 is 0 Å². The summed E-state index contributed by atoms with van der Waals surface area (Å²) in [7, 11) is 3.87. The molecule has 0 heterocycles. The summed E-state index contributed by atoms with van der Waals surface area (Å²) in [5.41, 5.74) is 2.56. The number of rotatable bonds is 18. The predicted octanol–water partition coefficient (Wildman–Crippen LogP) is 5.61. The van der Waals surface area contributed by atoms with Gasteiger partial charge in [-0.15, -0.1) is 0 Å². The molecule has 3 aromatic carbocycles. The van der Waals surface area contributed by atoms with Crippen molar-refractivity contribution >= 4 is 35.8 Å². The van der Waals surface area contributed by atoms with Gasteiger partial charge in [-0.2, -0.15) is 0 Å². The van der Waals surface area contributed by atoms with Gasteiger partial charge in [0, 0.05) is 44.4 Å². The smallest absolute Gasteiger partial charge is 0.311 e. The molecular formula is C37H40O12. The van der Waals surface area contributed by atoms with Gasteiger partial charge in [-0.05, 0) is 72.4 Å². The molecule has 0 amide bonds. The minimum absolute atomic E-state index is 0.0594. The summed E-state index contributed by atoms with van der Waals surface area (Å²) in [5.74, 6) is -1.90. The standard InChI is InChI=1S/C37H40O12/c1-44-31(38)7-4-10-34(41)47-28-19-13-25(14-20-28)37(26-15-21-29(22-16-26)48-35(42)11-5-8-32(39)45-2)27-17-23-30(24-18-27)49-36(43)12-6-9-33(40)46-3/h13-24,37H,4-12H2,1-3H3. The molecule has 12 nitrogen and oxygen atoms in total. The van der Waals surface area contributed by atoms with Gasteiger partial charge in [0.2, 0.25) is 0 Å². The van der Waals surface area contributed by atoms with Crippen LogP contribution in [0.15, 0.2) is 72.8 Å². The van der Waals surface area contributed by atoms with Crippen LogP contribution in [0.2, 0.25) is 0 Å². The fraction of sp³-hybridized carbons (Fsp3) is 0.351. The predicted molar refractivity (Wildman–Crippen MR) is 175 cm³/mol. The molecule has 0 unspecified atom stereocenters. The first-order valence-corrected chi connectivity index (χ1v) is 15.7. The van der Waals surface area contributed by atoms with E-state index < -0.39 is 35.8 Å². The highest BCUT2D eigenvalue weighted by Crippen LogP contribution is 2.35. The van der Waals surface area contributed by atoms with E-state index in [2.05, 4.69) is 14.2 Å². The third-order valence-corrected chi connectivity index (χ3v) is 7.30. The van der Waals surface area contributed by atoms with Crippen LogP contribution in [0.3, 0.4) is 0 Å². The van der Waals surface area contributed by atoms with E-state index in [1.54, 1.807) is 36.4 Å². The Morgan fingerprint density at radius 3 is 0.837 bits per heavy atom. The molecule has 3 rings (SSSR count). The van der Waals surface area contributed by atoms with Crippen molar-refractivity contribution < 1.29 is 57.2 Å². The van der Waals surface area contributed by atoms with Gasteiger partial charge in [-0.1, -0.05) is 36.4 Å². The Kier molecular flexibility index (Phi) is 15.5. The molecule has 12 heteroatoms. The number of ether oxygens (including phenoxy) is 6. The molecule has 0 saturated heterocycles. The van der Waals surface area contributed by atoms with Crippen LogP contribution < -0.4 is 14.2 Å². The third-order valence-electron chi connectivity index (χ3n) is 7.30. The summed E-state index contributed by atoms with van der Waals surface area (Å²) in [5, 5.41) is 0. The highest BCUT2D eigenvalue weighted by Gasteiger charge is 2.19. The molecule has 3 aromatic rings. The van der Waals surface area contributed by atoms with E-state index in [0.717, 1.165) is 16.7 Å². The van der Waals surface area contributed by atoms with Crippen LogP contribution in [-0.4, -0.2) is 57.1 Å². The first-order chi connectivity index (χ1) is 23.6. The van der Waals surface area contributed by atoms with E-state index in [1.807, 2.05) is 36.4 Å². The largest absolute Gasteiger partial charge is 0.469 e. The maximum Gasteiger partial charge on any atom is 0.311 e. The summed E-state index contributed by atoms with van der Waals surface area (Å²) in [6, 6.07) is 21.0. The number of methoxy groups -OCH3 is 3. The third kappa shape index (κ3) is 13.3. The summed E-state index contributed by atoms with van der Waals surface area (Å²) in [6.45, 7) is 0. The number of benzene rings is 3. The Balaban J connectivity index is 1.76. The van der Waals surface area contributed by atoms with Gasteiger partial charge in [-0.25, -0.2) is 0 Å². The lowest BCUT2D eigenvalue weighted by Gasteiger charge is -2.20. The molecule has 49 heavy (non-hydrogen) atoms. The Bertz CT molecular complexity index is 1370. The molecule has 0 spiro atoms. The monoisotopic (exact) mass is 676 g/mol. The van der Waals surface area contributed by atoms with E-state index in [0.29, 0.717) is 36.5 Å². The quantitative estimate of drug-likeness (QED) is 0.0711. The molecular weight excluding hydrogens is 636 g/mol. The molecule has 0 aliphatic rings. The molecule has 0 fully saturated rings. The number of hydrogen-bond acceptors (Lipinski definition) is 12. The van der Waals surface area contributed by atoms with Crippen LogP contribution in [0.1, 0.15) is 80.4 Å². The second-order valence-electron chi connectivity index (χ2n) is 10.9. The van der Waals surface area contributed by atoms with Gasteiger partial charge in [0.15, 0.2) is 0 Å². The Labute approximate surface area is 284 Å². The zero-order chi connectivity index (χ0) is 35.6. The Hall–Kier alpha value is -5.52. The topological polar surface area (TPSA) is 158 Å². The first kappa shape index (κ1) is 37.9. The second kappa shape index (κ2) is 20.0. The SMILES string of the molecule is COC(=O)CCCC(=O)Oc1ccc(C(c2ccc(OC(=O)CCCC(=O)OC)cc2)c2ccc(OC(=O)CCCC(=O)OC)cc2)cc1. The molecule has 0 bridgehead atoms. The van der Waals surface area contributed by atoms with Crippen LogP contribution >= 0.6 is 0 Å². The molecule has 0 aromatic heterocycles. The summed E-state index contributed by atoms with van der Waals surface area (Å²) in [6.07, 6.45) is 1.46. The van der Waals surface area contributed by atoms with E-state index in [9.17, 15) is 28.8 Å².